The molecule has 0 unspecified atom stereocenters. The smallest absolute Gasteiger partial charge is 0.113 e. The van der Waals surface area contributed by atoms with Gasteiger partial charge in [-0.1, -0.05) is 0 Å². The fourth-order valence-corrected chi connectivity index (χ4v) is 0.960. The van der Waals surface area contributed by atoms with Crippen molar-refractivity contribution < 1.29 is 0 Å². The van der Waals surface area contributed by atoms with Crippen molar-refractivity contribution in [3.05, 3.63) is 17.8 Å². The normalized spacial score (nSPS) is 9.40. The average Bonchev–Trinajstić information content (AvgIpc) is 2.33. The van der Waals surface area contributed by atoms with Crippen LogP contribution in [-0.2, 0) is 0 Å². The second-order valence-electron chi connectivity index (χ2n) is 1.86. The van der Waals surface area contributed by atoms with Crippen molar-refractivity contribution in [2.45, 2.75) is 0 Å². The van der Waals surface area contributed by atoms with Crippen LogP contribution in [0.25, 0.3) is 0 Å². The lowest BCUT2D eigenvalue weighted by molar-refractivity contribution is 1.34. The van der Waals surface area contributed by atoms with E-state index in [4.69, 9.17) is 5.41 Å². The van der Waals surface area contributed by atoms with Crippen LogP contribution in [-0.4, -0.2) is 17.1 Å². The molecule has 0 bridgehead atoms. The number of nitrogens with one attached hydrogen (secondary N) is 3. The first-order valence-corrected chi connectivity index (χ1v) is 3.33. The zero-order valence-corrected chi connectivity index (χ0v) is 6.50. The number of hydrogen-bond acceptors (Lipinski definition) is 2. The Morgan fingerprint density at radius 1 is 1.80 bits per heavy atom. The summed E-state index contributed by atoms with van der Waals surface area (Å²) in [6.45, 7) is 0. The van der Waals surface area contributed by atoms with Crippen molar-refractivity contribution in [1.82, 2.24) is 4.98 Å². The van der Waals surface area contributed by atoms with E-state index in [1.807, 2.05) is 0 Å². The van der Waals surface area contributed by atoms with Crippen LogP contribution in [0.5, 0.6) is 0 Å². The van der Waals surface area contributed by atoms with Crippen LogP contribution in [0.3, 0.4) is 0 Å². The van der Waals surface area contributed by atoms with Crippen LogP contribution < -0.4 is 5.32 Å². The van der Waals surface area contributed by atoms with Gasteiger partial charge in [-0.05, 0) is 6.07 Å². The maximum absolute atomic E-state index is 7.20. The minimum Gasteiger partial charge on any atom is -0.374 e. The van der Waals surface area contributed by atoms with Gasteiger partial charge in [-0.15, -0.1) is 12.6 Å². The summed E-state index contributed by atoms with van der Waals surface area (Å²) in [6.07, 6.45) is 1.77. The minimum absolute atomic E-state index is 0.269. The third-order valence-electron chi connectivity index (χ3n) is 1.25. The highest BCUT2D eigenvalue weighted by Gasteiger charge is 2.02. The van der Waals surface area contributed by atoms with E-state index in [1.165, 1.54) is 0 Å². The highest BCUT2D eigenvalue weighted by atomic mass is 32.1. The molecule has 0 fully saturated rings. The second kappa shape index (κ2) is 2.79. The Labute approximate surface area is 64.8 Å². The molecule has 10 heavy (non-hydrogen) atoms. The number of aromatic amines is 1. The van der Waals surface area contributed by atoms with Gasteiger partial charge in [0.15, 0.2) is 0 Å². The SMILES string of the molecule is CNc1[nH]ccc1C(=N)S. The minimum atomic E-state index is 0.269. The zero-order chi connectivity index (χ0) is 7.56. The number of rotatable bonds is 2. The summed E-state index contributed by atoms with van der Waals surface area (Å²) >= 11 is 3.90. The van der Waals surface area contributed by atoms with E-state index in [0.717, 1.165) is 11.4 Å². The molecule has 0 amide bonds. The van der Waals surface area contributed by atoms with Gasteiger partial charge in [0.05, 0.1) is 5.04 Å². The molecule has 1 aromatic heterocycles. The van der Waals surface area contributed by atoms with Crippen molar-refractivity contribution >= 4 is 23.5 Å². The van der Waals surface area contributed by atoms with Crippen LogP contribution in [0.4, 0.5) is 5.82 Å². The Morgan fingerprint density at radius 2 is 2.50 bits per heavy atom. The topological polar surface area (TPSA) is 51.7 Å². The van der Waals surface area contributed by atoms with Crippen LogP contribution in [0.2, 0.25) is 0 Å². The Balaban J connectivity index is 3.01. The summed E-state index contributed by atoms with van der Waals surface area (Å²) in [7, 11) is 1.80. The van der Waals surface area contributed by atoms with E-state index >= 15 is 0 Å². The molecule has 0 aliphatic rings. The molecule has 1 rings (SSSR count). The molecule has 1 aromatic rings. The summed E-state index contributed by atoms with van der Waals surface area (Å²) < 4.78 is 0. The molecule has 0 aliphatic carbocycles. The second-order valence-corrected chi connectivity index (χ2v) is 2.31. The third kappa shape index (κ3) is 1.16. The van der Waals surface area contributed by atoms with Gasteiger partial charge < -0.3 is 10.3 Å². The monoisotopic (exact) mass is 155 g/mol. The fraction of sp³-hybridized carbons (Fsp3) is 0.167. The predicted octanol–water partition coefficient (Wildman–Crippen LogP) is 1.31. The van der Waals surface area contributed by atoms with Gasteiger partial charge >= 0.3 is 0 Å². The van der Waals surface area contributed by atoms with Crippen molar-refractivity contribution in [1.29, 1.82) is 5.41 Å². The van der Waals surface area contributed by atoms with Gasteiger partial charge in [-0.3, -0.25) is 5.41 Å². The number of hydrogen-bond donors (Lipinski definition) is 4. The summed E-state index contributed by atoms with van der Waals surface area (Å²) in [5.41, 5.74) is 0.797. The molecule has 0 atom stereocenters. The zero-order valence-electron chi connectivity index (χ0n) is 5.60. The van der Waals surface area contributed by atoms with Gasteiger partial charge in [0.1, 0.15) is 5.82 Å². The van der Waals surface area contributed by atoms with Gasteiger partial charge in [-0.2, -0.15) is 0 Å². The van der Waals surface area contributed by atoms with Crippen molar-refractivity contribution in [3.63, 3.8) is 0 Å². The average molecular weight is 155 g/mol. The van der Waals surface area contributed by atoms with Crippen molar-refractivity contribution in [2.75, 3.05) is 12.4 Å². The Bertz CT molecular complexity index is 241. The number of aromatic nitrogens is 1. The molecule has 0 saturated carbocycles. The Hall–Kier alpha value is -0.900. The van der Waals surface area contributed by atoms with Crippen molar-refractivity contribution in [3.8, 4) is 0 Å². The van der Waals surface area contributed by atoms with E-state index in [1.54, 1.807) is 19.3 Å². The quantitative estimate of drug-likeness (QED) is 0.290. The molecule has 3 nitrogen and oxygen atoms in total. The molecule has 54 valence electrons. The maximum atomic E-state index is 7.20. The molecular weight excluding hydrogens is 146 g/mol. The van der Waals surface area contributed by atoms with Crippen molar-refractivity contribution in [2.24, 2.45) is 0 Å². The Kier molecular flexibility index (Phi) is 2.01. The molecule has 0 spiro atoms. The molecule has 3 N–H and O–H groups in total. The van der Waals surface area contributed by atoms with E-state index < -0.39 is 0 Å². The lowest BCUT2D eigenvalue weighted by Gasteiger charge is -1.98. The van der Waals surface area contributed by atoms with Gasteiger partial charge in [0.25, 0.3) is 0 Å². The molecule has 0 aliphatic heterocycles. The predicted molar refractivity (Wildman–Crippen MR) is 46.2 cm³/mol. The third-order valence-corrected chi connectivity index (χ3v) is 1.49. The van der Waals surface area contributed by atoms with Crippen LogP contribution in [0.1, 0.15) is 5.56 Å². The summed E-state index contributed by atoms with van der Waals surface area (Å²) in [6, 6.07) is 1.81. The summed E-state index contributed by atoms with van der Waals surface area (Å²) in [5, 5.41) is 10.4. The van der Waals surface area contributed by atoms with Gasteiger partial charge in [0.2, 0.25) is 0 Å². The lowest BCUT2D eigenvalue weighted by atomic mass is 10.3. The standard InChI is InChI=1S/C6H9N3S/c1-8-6-4(5(7)10)2-3-9-6/h2-3,8-9H,1H3,(H2,7,10). The molecule has 1 heterocycles. The highest BCUT2D eigenvalue weighted by molar-refractivity contribution is 7.97. The molecular formula is C6H9N3S. The van der Waals surface area contributed by atoms with E-state index in [-0.39, 0.29) is 5.04 Å². The first-order chi connectivity index (χ1) is 4.75. The number of anilines is 1. The van der Waals surface area contributed by atoms with Crippen LogP contribution in [0, 0.1) is 5.41 Å². The first-order valence-electron chi connectivity index (χ1n) is 2.88. The van der Waals surface area contributed by atoms with Crippen LogP contribution in [0.15, 0.2) is 12.3 Å². The molecule has 4 heteroatoms. The Morgan fingerprint density at radius 3 is 2.90 bits per heavy atom. The lowest BCUT2D eigenvalue weighted by Crippen LogP contribution is -1.95. The number of thiol groups is 1. The maximum Gasteiger partial charge on any atom is 0.113 e. The highest BCUT2D eigenvalue weighted by Crippen LogP contribution is 2.13. The molecule has 0 radical (unpaired) electrons. The van der Waals surface area contributed by atoms with Gasteiger partial charge in [0, 0.05) is 18.8 Å². The summed E-state index contributed by atoms with van der Waals surface area (Å²) in [4.78, 5) is 2.94. The molecule has 0 aromatic carbocycles. The van der Waals surface area contributed by atoms with E-state index in [0.29, 0.717) is 0 Å². The van der Waals surface area contributed by atoms with Gasteiger partial charge in [-0.25, -0.2) is 0 Å². The molecule has 0 saturated heterocycles. The van der Waals surface area contributed by atoms with E-state index in [2.05, 4.69) is 22.9 Å². The largest absolute Gasteiger partial charge is 0.374 e. The summed E-state index contributed by atoms with van der Waals surface area (Å²) in [5.74, 6) is 0.833. The van der Waals surface area contributed by atoms with Crippen LogP contribution >= 0.6 is 12.6 Å². The first kappa shape index (κ1) is 7.21. The van der Waals surface area contributed by atoms with E-state index in [9.17, 15) is 0 Å². The number of H-pyrrole nitrogens is 1. The fourth-order valence-electron chi connectivity index (χ4n) is 0.774.